The van der Waals surface area contributed by atoms with Gasteiger partial charge in [0.15, 0.2) is 0 Å². The molecule has 4 atom stereocenters. The lowest BCUT2D eigenvalue weighted by molar-refractivity contribution is -0.142. The highest BCUT2D eigenvalue weighted by atomic mass is 32.2. The number of aliphatic hydroxyl groups excluding tert-OH is 1. The standard InChI is InChI=1S/C25H37N5O6S/c1-14(2)10-19(28-22(32)17(26)8-9-37-3)23(33)30-21(13-31)24(34)29-20(25(35)36)11-15-12-27-18-7-5-4-6-16(15)18/h4-7,12,14,17,19-21,27,31H,8-11,13,26H2,1-3H3,(H,28,32)(H,29,34)(H,30,33)(H,35,36). The zero-order valence-corrected chi connectivity index (χ0v) is 22.1. The van der Waals surface area contributed by atoms with Gasteiger partial charge in [-0.1, -0.05) is 32.0 Å². The Bertz CT molecular complexity index is 1070. The molecular weight excluding hydrogens is 498 g/mol. The summed E-state index contributed by atoms with van der Waals surface area (Å²) in [4.78, 5) is 53.2. The van der Waals surface area contributed by atoms with Gasteiger partial charge in [-0.05, 0) is 42.4 Å². The van der Waals surface area contributed by atoms with E-state index >= 15 is 0 Å². The Labute approximate surface area is 220 Å². The van der Waals surface area contributed by atoms with Crippen LogP contribution < -0.4 is 21.7 Å². The number of carbonyl (C=O) groups excluding carboxylic acids is 3. The Morgan fingerprint density at radius 3 is 2.24 bits per heavy atom. The van der Waals surface area contributed by atoms with Crippen LogP contribution in [0.5, 0.6) is 0 Å². The summed E-state index contributed by atoms with van der Waals surface area (Å²) in [5.74, 6) is -2.54. The van der Waals surface area contributed by atoms with Crippen LogP contribution in [0.1, 0.15) is 32.3 Å². The summed E-state index contributed by atoms with van der Waals surface area (Å²) in [6.07, 6.45) is 4.30. The second-order valence-corrected chi connectivity index (χ2v) is 10.3. The van der Waals surface area contributed by atoms with E-state index in [0.717, 1.165) is 10.9 Å². The fraction of sp³-hybridized carbons (Fsp3) is 0.520. The van der Waals surface area contributed by atoms with Crippen molar-refractivity contribution in [3.63, 3.8) is 0 Å². The first kappa shape index (κ1) is 30.1. The number of carbonyl (C=O) groups is 4. The van der Waals surface area contributed by atoms with Crippen LogP contribution >= 0.6 is 11.8 Å². The van der Waals surface area contributed by atoms with Crippen molar-refractivity contribution in [1.29, 1.82) is 0 Å². The van der Waals surface area contributed by atoms with Gasteiger partial charge in [-0.25, -0.2) is 4.79 Å². The summed E-state index contributed by atoms with van der Waals surface area (Å²) in [6, 6.07) is 2.91. The first-order valence-corrected chi connectivity index (χ1v) is 13.5. The fourth-order valence-corrected chi connectivity index (χ4v) is 4.31. The molecule has 0 bridgehead atoms. The lowest BCUT2D eigenvalue weighted by atomic mass is 10.0. The SMILES string of the molecule is CSCCC(N)C(=O)NC(CC(C)C)C(=O)NC(CO)C(=O)NC(Cc1c[nH]c2ccccc12)C(=O)O. The van der Waals surface area contributed by atoms with Crippen molar-refractivity contribution >= 4 is 46.4 Å². The molecule has 0 saturated carbocycles. The van der Waals surface area contributed by atoms with Gasteiger partial charge in [0.05, 0.1) is 12.6 Å². The van der Waals surface area contributed by atoms with Gasteiger partial charge in [-0.15, -0.1) is 0 Å². The molecule has 1 aromatic carbocycles. The highest BCUT2D eigenvalue weighted by molar-refractivity contribution is 7.98. The predicted molar refractivity (Wildman–Crippen MR) is 143 cm³/mol. The molecule has 11 nitrogen and oxygen atoms in total. The summed E-state index contributed by atoms with van der Waals surface area (Å²) in [6.45, 7) is 2.99. The number of carboxylic acid groups (broad SMARTS) is 1. The Morgan fingerprint density at radius 1 is 1.00 bits per heavy atom. The topological polar surface area (TPSA) is 187 Å². The Kier molecular flexibility index (Phi) is 11.9. The molecule has 0 fully saturated rings. The Balaban J connectivity index is 2.07. The van der Waals surface area contributed by atoms with Crippen LogP contribution in [0.25, 0.3) is 10.9 Å². The van der Waals surface area contributed by atoms with Crippen LogP contribution in [0.3, 0.4) is 0 Å². The molecule has 0 aliphatic heterocycles. The smallest absolute Gasteiger partial charge is 0.326 e. The first-order valence-electron chi connectivity index (χ1n) is 12.1. The third-order valence-electron chi connectivity index (χ3n) is 5.84. The van der Waals surface area contributed by atoms with Gasteiger partial charge in [0.25, 0.3) is 0 Å². The van der Waals surface area contributed by atoms with E-state index in [1.54, 1.807) is 18.0 Å². The van der Waals surface area contributed by atoms with Crippen LogP contribution in [0.15, 0.2) is 30.5 Å². The molecule has 0 aliphatic carbocycles. The average molecular weight is 536 g/mol. The highest BCUT2D eigenvalue weighted by Crippen LogP contribution is 2.19. The van der Waals surface area contributed by atoms with Gasteiger partial charge < -0.3 is 36.9 Å². The molecule has 0 spiro atoms. The van der Waals surface area contributed by atoms with Crippen molar-refractivity contribution in [3.05, 3.63) is 36.0 Å². The number of aliphatic hydroxyl groups is 1. The van der Waals surface area contributed by atoms with Gasteiger partial charge in [-0.3, -0.25) is 14.4 Å². The number of aliphatic carboxylic acids is 1. The number of H-pyrrole nitrogens is 1. The molecule has 0 saturated heterocycles. The molecule has 12 heteroatoms. The van der Waals surface area contributed by atoms with Gasteiger partial charge in [0, 0.05) is 23.5 Å². The van der Waals surface area contributed by atoms with E-state index in [9.17, 15) is 29.4 Å². The number of para-hydroxylation sites is 1. The molecule has 37 heavy (non-hydrogen) atoms. The van der Waals surface area contributed by atoms with Crippen LogP contribution in [-0.4, -0.2) is 81.7 Å². The second kappa shape index (κ2) is 14.6. The second-order valence-electron chi connectivity index (χ2n) is 9.29. The maximum atomic E-state index is 13.0. The molecule has 3 amide bonds. The van der Waals surface area contributed by atoms with Crippen molar-refractivity contribution in [2.24, 2.45) is 11.7 Å². The molecule has 1 heterocycles. The zero-order valence-electron chi connectivity index (χ0n) is 21.3. The summed E-state index contributed by atoms with van der Waals surface area (Å²) in [5, 5.41) is 27.8. The number of aromatic amines is 1. The van der Waals surface area contributed by atoms with Crippen molar-refractivity contribution in [2.45, 2.75) is 57.3 Å². The minimum atomic E-state index is -1.41. The lowest BCUT2D eigenvalue weighted by Crippen LogP contribution is -2.58. The number of fused-ring (bicyclic) bond motifs is 1. The van der Waals surface area contributed by atoms with Gasteiger partial charge in [0.2, 0.25) is 17.7 Å². The molecule has 204 valence electrons. The van der Waals surface area contributed by atoms with Crippen LogP contribution in [0, 0.1) is 5.92 Å². The lowest BCUT2D eigenvalue weighted by Gasteiger charge is -2.25. The zero-order chi connectivity index (χ0) is 27.5. The molecule has 1 aromatic heterocycles. The third-order valence-corrected chi connectivity index (χ3v) is 6.48. The molecule has 0 aliphatic rings. The van der Waals surface area contributed by atoms with Gasteiger partial charge in [-0.2, -0.15) is 11.8 Å². The number of hydrogen-bond acceptors (Lipinski definition) is 7. The maximum Gasteiger partial charge on any atom is 0.326 e. The minimum absolute atomic E-state index is 0.00283. The molecule has 8 N–H and O–H groups in total. The molecular formula is C25H37N5O6S. The quantitative estimate of drug-likeness (QED) is 0.170. The number of carboxylic acids is 1. The van der Waals surface area contributed by atoms with Crippen molar-refractivity contribution in [3.8, 4) is 0 Å². The minimum Gasteiger partial charge on any atom is -0.480 e. The fourth-order valence-electron chi connectivity index (χ4n) is 3.82. The van der Waals surface area contributed by atoms with E-state index in [-0.39, 0.29) is 18.8 Å². The highest BCUT2D eigenvalue weighted by Gasteiger charge is 2.30. The molecule has 2 rings (SSSR count). The van der Waals surface area contributed by atoms with Crippen molar-refractivity contribution in [2.75, 3.05) is 18.6 Å². The van der Waals surface area contributed by atoms with Crippen LogP contribution in [0.4, 0.5) is 0 Å². The number of hydrogen-bond donors (Lipinski definition) is 7. The largest absolute Gasteiger partial charge is 0.480 e. The molecule has 2 aromatic rings. The normalized spacial score (nSPS) is 14.5. The molecule has 4 unspecified atom stereocenters. The van der Waals surface area contributed by atoms with E-state index in [4.69, 9.17) is 5.73 Å². The average Bonchev–Trinajstić information content (AvgIpc) is 3.27. The Morgan fingerprint density at radius 2 is 1.62 bits per heavy atom. The number of amides is 3. The van der Waals surface area contributed by atoms with Gasteiger partial charge >= 0.3 is 5.97 Å². The number of aromatic nitrogens is 1. The van der Waals surface area contributed by atoms with Crippen LogP contribution in [-0.2, 0) is 25.6 Å². The molecule has 0 radical (unpaired) electrons. The number of rotatable bonds is 15. The van der Waals surface area contributed by atoms with E-state index in [1.807, 2.05) is 44.4 Å². The number of thioether (sulfide) groups is 1. The summed E-state index contributed by atoms with van der Waals surface area (Å²) in [7, 11) is 0. The summed E-state index contributed by atoms with van der Waals surface area (Å²) >= 11 is 1.55. The van der Waals surface area contributed by atoms with Crippen molar-refractivity contribution in [1.82, 2.24) is 20.9 Å². The summed E-state index contributed by atoms with van der Waals surface area (Å²) in [5.41, 5.74) is 7.45. The van der Waals surface area contributed by atoms with E-state index < -0.39 is 54.5 Å². The van der Waals surface area contributed by atoms with Gasteiger partial charge in [0.1, 0.15) is 18.1 Å². The number of nitrogens with one attached hydrogen (secondary N) is 4. The first-order chi connectivity index (χ1) is 17.6. The van der Waals surface area contributed by atoms with Crippen molar-refractivity contribution < 1.29 is 29.4 Å². The van der Waals surface area contributed by atoms with E-state index in [0.29, 0.717) is 17.7 Å². The third kappa shape index (κ3) is 9.06. The van der Waals surface area contributed by atoms with E-state index in [1.165, 1.54) is 0 Å². The number of nitrogens with two attached hydrogens (primary N) is 1. The van der Waals surface area contributed by atoms with E-state index in [2.05, 4.69) is 20.9 Å². The Hall–Kier alpha value is -3.09. The maximum absolute atomic E-state index is 13.0. The summed E-state index contributed by atoms with van der Waals surface area (Å²) < 4.78 is 0. The monoisotopic (exact) mass is 535 g/mol. The number of benzene rings is 1. The van der Waals surface area contributed by atoms with Crippen LogP contribution in [0.2, 0.25) is 0 Å². The predicted octanol–water partition coefficient (Wildman–Crippen LogP) is 0.368.